The third-order valence-corrected chi connectivity index (χ3v) is 5.49. The second-order valence-corrected chi connectivity index (χ2v) is 7.83. The van der Waals surface area contributed by atoms with Gasteiger partial charge in [-0.05, 0) is 45.3 Å². The summed E-state index contributed by atoms with van der Waals surface area (Å²) in [6.07, 6.45) is 4.84. The van der Waals surface area contributed by atoms with Crippen molar-refractivity contribution in [3.05, 3.63) is 35.9 Å². The highest BCUT2D eigenvalue weighted by Crippen LogP contribution is 2.19. The fourth-order valence-electron chi connectivity index (χ4n) is 3.70. The van der Waals surface area contributed by atoms with Gasteiger partial charge in [-0.1, -0.05) is 43.7 Å². The Kier molecular flexibility index (Phi) is 9.64. The first kappa shape index (κ1) is 21.7. The number of rotatable bonds is 9. The van der Waals surface area contributed by atoms with Crippen molar-refractivity contribution < 1.29 is 0 Å². The van der Waals surface area contributed by atoms with E-state index in [-0.39, 0.29) is 0 Å². The van der Waals surface area contributed by atoms with Gasteiger partial charge in [0.2, 0.25) is 0 Å². The number of nitrogens with one attached hydrogen (secondary N) is 2. The molecule has 1 aliphatic heterocycles. The quantitative estimate of drug-likeness (QED) is 0.516. The summed E-state index contributed by atoms with van der Waals surface area (Å²) in [5.74, 6) is 0.938. The minimum atomic E-state index is 0.496. The van der Waals surface area contributed by atoms with Crippen LogP contribution in [0.1, 0.15) is 45.1 Å². The highest BCUT2D eigenvalue weighted by molar-refractivity contribution is 5.79. The van der Waals surface area contributed by atoms with Crippen LogP contribution in [0.3, 0.4) is 0 Å². The number of piperidine rings is 1. The maximum Gasteiger partial charge on any atom is 0.191 e. The first-order valence-electron chi connectivity index (χ1n) is 10.6. The van der Waals surface area contributed by atoms with Crippen LogP contribution in [0.5, 0.6) is 0 Å². The number of hydrogen-bond acceptors (Lipinski definition) is 3. The van der Waals surface area contributed by atoms with E-state index in [4.69, 9.17) is 0 Å². The summed E-state index contributed by atoms with van der Waals surface area (Å²) in [7, 11) is 4.06. The third kappa shape index (κ3) is 7.89. The van der Waals surface area contributed by atoms with Gasteiger partial charge in [0, 0.05) is 45.3 Å². The number of unbranched alkanes of at least 4 members (excludes halogenated alkanes) is 1. The summed E-state index contributed by atoms with van der Waals surface area (Å²) in [6, 6.07) is 11.9. The summed E-state index contributed by atoms with van der Waals surface area (Å²) < 4.78 is 0. The highest BCUT2D eigenvalue weighted by Gasteiger charge is 2.25. The minimum Gasteiger partial charge on any atom is -0.355 e. The summed E-state index contributed by atoms with van der Waals surface area (Å²) in [5, 5.41) is 7.10. The lowest BCUT2D eigenvalue weighted by molar-refractivity contribution is 0.134. The maximum atomic E-state index is 4.42. The molecule has 2 N–H and O–H groups in total. The van der Waals surface area contributed by atoms with E-state index in [9.17, 15) is 0 Å². The Morgan fingerprint density at radius 1 is 1.26 bits per heavy atom. The fraction of sp³-hybridized carbons (Fsp3) is 0.682. The molecule has 5 heteroatoms. The monoisotopic (exact) mass is 373 g/mol. The van der Waals surface area contributed by atoms with E-state index in [1.165, 1.54) is 24.9 Å². The molecule has 27 heavy (non-hydrogen) atoms. The number of hydrogen-bond donors (Lipinski definition) is 2. The van der Waals surface area contributed by atoms with Crippen LogP contribution < -0.4 is 10.6 Å². The van der Waals surface area contributed by atoms with Crippen LogP contribution in [0.2, 0.25) is 0 Å². The van der Waals surface area contributed by atoms with Crippen molar-refractivity contribution in [2.24, 2.45) is 4.99 Å². The van der Waals surface area contributed by atoms with Gasteiger partial charge in [-0.25, -0.2) is 0 Å². The molecule has 1 aliphatic rings. The van der Waals surface area contributed by atoms with Crippen LogP contribution in [-0.4, -0.2) is 68.1 Å². The predicted octanol–water partition coefficient (Wildman–Crippen LogP) is 2.94. The van der Waals surface area contributed by atoms with Crippen molar-refractivity contribution in [2.75, 3.05) is 40.3 Å². The predicted molar refractivity (Wildman–Crippen MR) is 116 cm³/mol. The summed E-state index contributed by atoms with van der Waals surface area (Å²) in [5.41, 5.74) is 1.40. The molecule has 2 unspecified atom stereocenters. The lowest BCUT2D eigenvalue weighted by atomic mass is 9.97. The summed E-state index contributed by atoms with van der Waals surface area (Å²) in [6.45, 7) is 9.91. The molecule has 0 amide bonds. The number of nitrogens with zero attached hydrogens (tertiary/aromatic N) is 3. The molecule has 1 aromatic rings. The minimum absolute atomic E-state index is 0.496. The smallest absolute Gasteiger partial charge is 0.191 e. The van der Waals surface area contributed by atoms with Gasteiger partial charge in [0.25, 0.3) is 0 Å². The number of likely N-dealkylation sites (tertiary alicyclic amines) is 1. The van der Waals surface area contributed by atoms with Gasteiger partial charge in [-0.2, -0.15) is 0 Å². The van der Waals surface area contributed by atoms with Crippen molar-refractivity contribution in [1.29, 1.82) is 0 Å². The number of guanidine groups is 1. The largest absolute Gasteiger partial charge is 0.355 e. The van der Waals surface area contributed by atoms with Gasteiger partial charge in [-0.15, -0.1) is 0 Å². The highest BCUT2D eigenvalue weighted by atomic mass is 15.2. The zero-order valence-corrected chi connectivity index (χ0v) is 17.7. The molecular weight excluding hydrogens is 334 g/mol. The molecule has 0 bridgehead atoms. The van der Waals surface area contributed by atoms with Crippen molar-refractivity contribution in [1.82, 2.24) is 20.4 Å². The number of benzene rings is 1. The average molecular weight is 374 g/mol. The van der Waals surface area contributed by atoms with Crippen LogP contribution in [0.4, 0.5) is 0 Å². The normalized spacial score (nSPS) is 21.4. The van der Waals surface area contributed by atoms with Crippen LogP contribution in [0.15, 0.2) is 35.3 Å². The molecule has 1 heterocycles. The zero-order valence-electron chi connectivity index (χ0n) is 17.7. The van der Waals surface area contributed by atoms with E-state index in [1.54, 1.807) is 0 Å². The van der Waals surface area contributed by atoms with Crippen molar-refractivity contribution in [2.45, 2.75) is 58.2 Å². The Balaban J connectivity index is 1.71. The molecule has 0 radical (unpaired) electrons. The second-order valence-electron chi connectivity index (χ2n) is 7.83. The molecule has 0 saturated carbocycles. The molecular formula is C22H39N5. The average Bonchev–Trinajstić information content (AvgIpc) is 2.68. The van der Waals surface area contributed by atoms with Crippen LogP contribution in [-0.2, 0) is 6.54 Å². The van der Waals surface area contributed by atoms with Gasteiger partial charge >= 0.3 is 0 Å². The van der Waals surface area contributed by atoms with Gasteiger partial charge in [0.05, 0.1) is 0 Å². The van der Waals surface area contributed by atoms with Crippen molar-refractivity contribution in [3.63, 3.8) is 0 Å². The molecule has 152 valence electrons. The number of likely N-dealkylation sites (N-methyl/N-ethyl adjacent to an activating group) is 1. The molecule has 2 atom stereocenters. The first-order chi connectivity index (χ1) is 13.1. The third-order valence-electron chi connectivity index (χ3n) is 5.49. The zero-order chi connectivity index (χ0) is 19.5. The van der Waals surface area contributed by atoms with E-state index in [0.29, 0.717) is 12.1 Å². The first-order valence-corrected chi connectivity index (χ1v) is 10.6. The van der Waals surface area contributed by atoms with Crippen molar-refractivity contribution >= 4 is 5.96 Å². The lowest BCUT2D eigenvalue weighted by Gasteiger charge is -2.38. The van der Waals surface area contributed by atoms with Gasteiger partial charge in [0.1, 0.15) is 0 Å². The molecule has 0 aliphatic carbocycles. The van der Waals surface area contributed by atoms with E-state index in [0.717, 1.165) is 45.0 Å². The van der Waals surface area contributed by atoms with Crippen LogP contribution in [0, 0.1) is 0 Å². The van der Waals surface area contributed by atoms with Crippen LogP contribution in [0.25, 0.3) is 0 Å². The molecule has 0 aromatic heterocycles. The fourth-order valence-corrected chi connectivity index (χ4v) is 3.70. The second kappa shape index (κ2) is 12.0. The van der Waals surface area contributed by atoms with E-state index >= 15 is 0 Å². The van der Waals surface area contributed by atoms with E-state index < -0.39 is 0 Å². The molecule has 1 saturated heterocycles. The van der Waals surface area contributed by atoms with Gasteiger partial charge < -0.3 is 15.5 Å². The topological polar surface area (TPSA) is 42.9 Å². The Hall–Kier alpha value is -1.59. The van der Waals surface area contributed by atoms with E-state index in [1.807, 2.05) is 7.05 Å². The van der Waals surface area contributed by atoms with E-state index in [2.05, 4.69) is 76.7 Å². The SMILES string of the molecule is CCCCN(C)CCNC(=NC)NC1CCN(Cc2ccccc2)C(C)C1. The number of aliphatic imine (C=N–C) groups is 1. The van der Waals surface area contributed by atoms with Gasteiger partial charge in [0.15, 0.2) is 5.96 Å². The molecule has 5 nitrogen and oxygen atoms in total. The maximum absolute atomic E-state index is 4.42. The Morgan fingerprint density at radius 3 is 2.70 bits per heavy atom. The molecule has 1 fully saturated rings. The Labute approximate surface area is 166 Å². The van der Waals surface area contributed by atoms with Gasteiger partial charge in [-0.3, -0.25) is 9.89 Å². The van der Waals surface area contributed by atoms with Crippen LogP contribution >= 0.6 is 0 Å². The Bertz CT molecular complexity index is 545. The lowest BCUT2D eigenvalue weighted by Crippen LogP contribution is -2.51. The molecule has 0 spiro atoms. The molecule has 1 aromatic carbocycles. The summed E-state index contributed by atoms with van der Waals surface area (Å²) in [4.78, 5) is 9.39. The summed E-state index contributed by atoms with van der Waals surface area (Å²) >= 11 is 0. The standard InChI is InChI=1S/C22H39N5/c1-5-6-14-26(4)16-13-24-22(23-3)25-21-12-15-27(19(2)17-21)18-20-10-8-7-9-11-20/h7-11,19,21H,5-6,12-18H2,1-4H3,(H2,23,24,25). The van der Waals surface area contributed by atoms with Crippen molar-refractivity contribution in [3.8, 4) is 0 Å². The Morgan fingerprint density at radius 2 is 2.04 bits per heavy atom. The molecule has 2 rings (SSSR count).